The van der Waals surface area contributed by atoms with Crippen molar-refractivity contribution < 1.29 is 102 Å². The van der Waals surface area contributed by atoms with Gasteiger partial charge in [-0.05, 0) is 75.3 Å². The van der Waals surface area contributed by atoms with Crippen molar-refractivity contribution in [1.29, 1.82) is 0 Å². The summed E-state index contributed by atoms with van der Waals surface area (Å²) in [5.41, 5.74) is 0.388. The lowest BCUT2D eigenvalue weighted by atomic mass is 9.77. The van der Waals surface area contributed by atoms with Crippen LogP contribution in [-0.4, -0.2) is 222 Å². The molecule has 5 aliphatic rings. The predicted molar refractivity (Wildman–Crippen MR) is 262 cm³/mol. The zero-order chi connectivity index (χ0) is 56.1. The Kier molecular flexibility index (Phi) is 20.0. The van der Waals surface area contributed by atoms with Gasteiger partial charge in [-0.2, -0.15) is 0 Å². The number of ether oxygens (including phenoxy) is 8. The Labute approximate surface area is 448 Å². The summed E-state index contributed by atoms with van der Waals surface area (Å²) in [6.07, 6.45) is -21.9. The van der Waals surface area contributed by atoms with Gasteiger partial charge in [-0.25, -0.2) is 18.3 Å². The van der Waals surface area contributed by atoms with Crippen LogP contribution >= 0.6 is 0 Å². The highest BCUT2D eigenvalue weighted by atomic mass is 19.2. The van der Waals surface area contributed by atoms with Crippen molar-refractivity contribution in [3.63, 3.8) is 0 Å². The molecule has 3 aromatic rings. The molecule has 4 aliphatic heterocycles. The first-order chi connectivity index (χ1) is 37.3. The Balaban J connectivity index is 1.01. The van der Waals surface area contributed by atoms with Crippen LogP contribution in [0.15, 0.2) is 48.7 Å². The average Bonchev–Trinajstić information content (AvgIpc) is 3.93. The Morgan fingerprint density at radius 2 is 1.53 bits per heavy atom. The highest BCUT2D eigenvalue weighted by Crippen LogP contribution is 2.40. The number of rotatable bonds is 20. The van der Waals surface area contributed by atoms with Crippen molar-refractivity contribution >= 4 is 17.8 Å². The van der Waals surface area contributed by atoms with Crippen LogP contribution in [0.25, 0.3) is 11.3 Å². The van der Waals surface area contributed by atoms with Crippen molar-refractivity contribution in [2.45, 2.75) is 170 Å². The molecule has 0 radical (unpaired) electrons. The first-order valence-electron chi connectivity index (χ1n) is 26.4. The molecule has 2 amide bonds. The number of esters is 1. The van der Waals surface area contributed by atoms with E-state index in [1.165, 1.54) is 38.2 Å². The topological polar surface area (TPSA) is 333 Å². The lowest BCUT2D eigenvalue weighted by Crippen LogP contribution is -2.64. The SMILES string of the molecule is CCC[C@H](OC1C(OC(=O)c2ccccc2)[C@H](O[C@@H]2CC(C(=O)NCCO[C@H]3O[C@H](CO)[C@@H](O)C(n4cc(-c5cc(C)c(F)c(F)c5)nn4)C3O)C[C@@H](C)C2O[C@@H]2OC(C)[C@@H](O)[C@H](O)C2O)OC(CO)[C@@H]1O)C(=O)N1CCC1. The van der Waals surface area contributed by atoms with Gasteiger partial charge in [0.15, 0.2) is 36.6 Å². The largest absolute Gasteiger partial charge is 0.450 e. The highest BCUT2D eigenvalue weighted by molar-refractivity contribution is 5.89. The second-order valence-electron chi connectivity index (χ2n) is 20.6. The number of amides is 2. The minimum atomic E-state index is -1.75. The van der Waals surface area contributed by atoms with Crippen molar-refractivity contribution in [3.8, 4) is 11.3 Å². The summed E-state index contributed by atoms with van der Waals surface area (Å²) < 4.78 is 78.6. The number of likely N-dealkylation sites (tertiary alicyclic amines) is 1. The van der Waals surface area contributed by atoms with E-state index in [0.29, 0.717) is 19.5 Å². The third-order valence-corrected chi connectivity index (χ3v) is 15.1. The average molecular weight is 1110 g/mol. The van der Waals surface area contributed by atoms with E-state index in [1.54, 1.807) is 30.0 Å². The van der Waals surface area contributed by atoms with Gasteiger partial charge in [0.25, 0.3) is 5.91 Å². The number of aliphatic hydroxyl groups is 8. The summed E-state index contributed by atoms with van der Waals surface area (Å²) in [5, 5.41) is 98.2. The summed E-state index contributed by atoms with van der Waals surface area (Å²) in [5.74, 6) is -5.36. The summed E-state index contributed by atoms with van der Waals surface area (Å²) >= 11 is 0. The van der Waals surface area contributed by atoms with Crippen LogP contribution in [0, 0.1) is 30.4 Å². The van der Waals surface area contributed by atoms with E-state index in [0.717, 1.165) is 17.2 Å². The van der Waals surface area contributed by atoms with Gasteiger partial charge in [0.1, 0.15) is 72.8 Å². The third-order valence-electron chi connectivity index (χ3n) is 15.1. The van der Waals surface area contributed by atoms with Crippen molar-refractivity contribution in [2.75, 3.05) is 39.5 Å². The minimum absolute atomic E-state index is 0.0116. The summed E-state index contributed by atoms with van der Waals surface area (Å²) in [7, 11) is 0. The number of hydrogen-bond donors (Lipinski definition) is 9. The monoisotopic (exact) mass is 1110 g/mol. The van der Waals surface area contributed by atoms with E-state index in [2.05, 4.69) is 15.6 Å². The normalized spacial score (nSPS) is 35.6. The van der Waals surface area contributed by atoms with Gasteiger partial charge >= 0.3 is 5.97 Å². The maximum absolute atomic E-state index is 14.3. The molecular weight excluding hydrogens is 1040 g/mol. The molecule has 5 heterocycles. The van der Waals surface area contributed by atoms with E-state index in [-0.39, 0.29) is 60.7 Å². The van der Waals surface area contributed by atoms with Gasteiger partial charge < -0.3 is 89.0 Å². The lowest BCUT2D eigenvalue weighted by Gasteiger charge is -2.48. The Bertz CT molecular complexity index is 2460. The maximum atomic E-state index is 14.3. The number of carbonyl (C=O) groups excluding carboxylic acids is 3. The number of halogens is 2. The van der Waals surface area contributed by atoms with Crippen LogP contribution in [0.4, 0.5) is 8.78 Å². The van der Waals surface area contributed by atoms with Crippen molar-refractivity contribution in [2.24, 2.45) is 11.8 Å². The molecule has 5 fully saturated rings. The van der Waals surface area contributed by atoms with Gasteiger partial charge in [0.2, 0.25) is 5.91 Å². The number of aromatic nitrogens is 3. The molecule has 1 saturated carbocycles. The standard InChI is InChI=1S/C52H71F2N5O19/c1-5-10-32(48(69)58-14-9-15-58)73-45-40(64)35(23-61)76-52(46(45)77-49(70)27-11-7-6-8-12-27)74-33-20-29(18-25(3)44(33)78-51-43(67)42(66)38(62)26(4)72-51)47(68)55-13-16-71-50-41(65)37(39(63)34(22-60)75-50)59-21-31(56-57-59)28-17-24(2)36(54)30(53)19-28/h6-8,11-12,17,19,21,25-26,29,32-35,37-46,50-52,60-67H,5,9-10,13-16,18,20,22-23H2,1-4H3,(H,55,68)/t25-,26?,29?,32+,33-,34-,35?,37?,38-,39-,40+,41?,42+,43?,44?,45?,46?,50+,51+,52-/m1/s1. The van der Waals surface area contributed by atoms with E-state index >= 15 is 0 Å². The number of nitrogens with zero attached hydrogens (tertiary/aromatic N) is 4. The number of aryl methyl sites for hydroxylation is 1. The number of nitrogens with one attached hydrogen (secondary N) is 1. The Morgan fingerprint density at radius 1 is 0.821 bits per heavy atom. The first-order valence-corrected chi connectivity index (χ1v) is 26.4. The van der Waals surface area contributed by atoms with Gasteiger partial charge in [0, 0.05) is 31.1 Å². The molecule has 26 heteroatoms. The van der Waals surface area contributed by atoms with E-state index in [9.17, 15) is 64.0 Å². The maximum Gasteiger partial charge on any atom is 0.338 e. The molecule has 9 N–H and O–H groups in total. The third kappa shape index (κ3) is 13.0. The molecule has 2 aromatic carbocycles. The second kappa shape index (κ2) is 26.2. The fourth-order valence-corrected chi connectivity index (χ4v) is 10.6. The van der Waals surface area contributed by atoms with Crippen LogP contribution in [-0.2, 0) is 47.5 Å². The van der Waals surface area contributed by atoms with Crippen LogP contribution in [0.5, 0.6) is 0 Å². The zero-order valence-corrected chi connectivity index (χ0v) is 43.6. The van der Waals surface area contributed by atoms with E-state index in [1.807, 2.05) is 6.92 Å². The fourth-order valence-electron chi connectivity index (χ4n) is 10.6. The molecule has 20 atom stereocenters. The number of benzene rings is 2. The smallest absolute Gasteiger partial charge is 0.338 e. The molecule has 78 heavy (non-hydrogen) atoms. The van der Waals surface area contributed by atoms with Crippen molar-refractivity contribution in [3.05, 3.63) is 71.4 Å². The first kappa shape index (κ1) is 59.4. The van der Waals surface area contributed by atoms with Gasteiger partial charge in [-0.1, -0.05) is 43.7 Å². The summed E-state index contributed by atoms with van der Waals surface area (Å²) in [6, 6.07) is 8.86. The predicted octanol–water partition coefficient (Wildman–Crippen LogP) is -0.621. The molecule has 9 unspecified atom stereocenters. The number of aliphatic hydroxyl groups excluding tert-OH is 8. The van der Waals surface area contributed by atoms with Gasteiger partial charge in [-0.15, -0.1) is 5.10 Å². The number of carbonyl (C=O) groups is 3. The molecule has 432 valence electrons. The lowest BCUT2D eigenvalue weighted by molar-refractivity contribution is -0.349. The highest BCUT2D eigenvalue weighted by Gasteiger charge is 2.54. The molecule has 0 spiro atoms. The molecular formula is C52H71F2N5O19. The van der Waals surface area contributed by atoms with Crippen molar-refractivity contribution in [1.82, 2.24) is 25.2 Å². The van der Waals surface area contributed by atoms with E-state index < -0.39 is 159 Å². The minimum Gasteiger partial charge on any atom is -0.450 e. The van der Waals surface area contributed by atoms with E-state index in [4.69, 9.17) is 37.9 Å². The summed E-state index contributed by atoms with van der Waals surface area (Å²) in [4.78, 5) is 43.4. The quantitative estimate of drug-likeness (QED) is 0.0503. The van der Waals surface area contributed by atoms with Gasteiger partial charge in [0.05, 0.1) is 49.9 Å². The molecule has 1 aliphatic carbocycles. The van der Waals surface area contributed by atoms with Gasteiger partial charge in [-0.3, -0.25) is 9.59 Å². The van der Waals surface area contributed by atoms with Crippen LogP contribution in [0.3, 0.4) is 0 Å². The summed E-state index contributed by atoms with van der Waals surface area (Å²) in [6.45, 7) is 5.48. The zero-order valence-electron chi connectivity index (χ0n) is 43.6. The molecule has 4 saturated heterocycles. The Hall–Kier alpha value is -4.75. The molecule has 0 bridgehead atoms. The fraction of sp³-hybridized carbons (Fsp3) is 0.673. The van der Waals surface area contributed by atoms with Crippen LogP contribution < -0.4 is 5.32 Å². The molecule has 1 aromatic heterocycles. The molecule has 24 nitrogen and oxygen atoms in total. The van der Waals surface area contributed by atoms with Crippen LogP contribution in [0.1, 0.15) is 74.8 Å². The molecule has 8 rings (SSSR count). The Morgan fingerprint density at radius 3 is 2.19 bits per heavy atom. The second-order valence-corrected chi connectivity index (χ2v) is 20.6. The van der Waals surface area contributed by atoms with Crippen LogP contribution in [0.2, 0.25) is 0 Å². The number of hydrogen-bond acceptors (Lipinski definition) is 21.